The molecule has 2 N–H and O–H groups in total. The smallest absolute Gasteiger partial charge is 0.0854 e. The van der Waals surface area contributed by atoms with Crippen molar-refractivity contribution in [3.63, 3.8) is 0 Å². The van der Waals surface area contributed by atoms with Gasteiger partial charge in [0.25, 0.3) is 0 Å². The van der Waals surface area contributed by atoms with Gasteiger partial charge < -0.3 is 10.5 Å². The second-order valence-electron chi connectivity index (χ2n) is 2.42. The van der Waals surface area contributed by atoms with E-state index in [4.69, 9.17) is 10.5 Å². The summed E-state index contributed by atoms with van der Waals surface area (Å²) < 4.78 is 5.17. The molecule has 0 rings (SSSR count). The molecule has 60 valence electrons. The molecule has 0 aliphatic heterocycles. The maximum absolute atomic E-state index is 5.29. The molecular formula is C8H17NO. The summed E-state index contributed by atoms with van der Waals surface area (Å²) in [5.74, 6) is 0. The van der Waals surface area contributed by atoms with E-state index in [2.05, 4.69) is 13.5 Å². The second kappa shape index (κ2) is 6.62. The van der Waals surface area contributed by atoms with Crippen LogP contribution in [0.1, 0.15) is 26.2 Å². The molecule has 0 unspecified atom stereocenters. The molecule has 0 aliphatic rings. The van der Waals surface area contributed by atoms with Crippen molar-refractivity contribution in [3.05, 3.63) is 12.3 Å². The van der Waals surface area contributed by atoms with E-state index in [1.165, 1.54) is 12.8 Å². The van der Waals surface area contributed by atoms with Crippen molar-refractivity contribution in [2.75, 3.05) is 13.2 Å². The van der Waals surface area contributed by atoms with Gasteiger partial charge >= 0.3 is 0 Å². The van der Waals surface area contributed by atoms with E-state index < -0.39 is 0 Å². The van der Waals surface area contributed by atoms with Crippen LogP contribution in [-0.2, 0) is 4.74 Å². The van der Waals surface area contributed by atoms with Crippen molar-refractivity contribution in [1.82, 2.24) is 0 Å². The van der Waals surface area contributed by atoms with Gasteiger partial charge in [0.1, 0.15) is 0 Å². The summed E-state index contributed by atoms with van der Waals surface area (Å²) in [5.41, 5.74) is 5.90. The lowest BCUT2D eigenvalue weighted by Crippen LogP contribution is -2.05. The molecule has 0 heterocycles. The Balaban J connectivity index is 2.84. The maximum atomic E-state index is 5.29. The van der Waals surface area contributed by atoms with Crippen LogP contribution in [0.3, 0.4) is 0 Å². The molecule has 0 atom stereocenters. The minimum Gasteiger partial charge on any atom is -0.401 e. The van der Waals surface area contributed by atoms with Gasteiger partial charge in [-0.15, -0.1) is 0 Å². The molecule has 0 saturated carbocycles. The van der Waals surface area contributed by atoms with Crippen LogP contribution in [0.15, 0.2) is 12.3 Å². The van der Waals surface area contributed by atoms with Crippen LogP contribution in [0, 0.1) is 0 Å². The first-order chi connectivity index (χ1) is 4.77. The Morgan fingerprint density at radius 1 is 1.50 bits per heavy atom. The highest BCUT2D eigenvalue weighted by Crippen LogP contribution is 1.94. The fourth-order valence-electron chi connectivity index (χ4n) is 0.657. The van der Waals surface area contributed by atoms with E-state index in [0.29, 0.717) is 12.3 Å². The van der Waals surface area contributed by atoms with Crippen molar-refractivity contribution in [2.45, 2.75) is 26.2 Å². The summed E-state index contributed by atoms with van der Waals surface area (Å²) >= 11 is 0. The third-order valence-corrected chi connectivity index (χ3v) is 1.18. The molecule has 10 heavy (non-hydrogen) atoms. The third-order valence-electron chi connectivity index (χ3n) is 1.18. The number of rotatable bonds is 6. The van der Waals surface area contributed by atoms with Gasteiger partial charge in [-0.25, -0.2) is 0 Å². The SMILES string of the molecule is C=C(N)COCCCCC. The Morgan fingerprint density at radius 3 is 2.70 bits per heavy atom. The highest BCUT2D eigenvalue weighted by molar-refractivity contribution is 4.84. The minimum atomic E-state index is 0.504. The third kappa shape index (κ3) is 7.50. The molecular weight excluding hydrogens is 126 g/mol. The van der Waals surface area contributed by atoms with Crippen molar-refractivity contribution >= 4 is 0 Å². The molecule has 0 saturated heterocycles. The lowest BCUT2D eigenvalue weighted by Gasteiger charge is -2.01. The van der Waals surface area contributed by atoms with Crippen molar-refractivity contribution in [2.24, 2.45) is 5.73 Å². The predicted molar refractivity (Wildman–Crippen MR) is 43.7 cm³/mol. The second-order valence-corrected chi connectivity index (χ2v) is 2.42. The summed E-state index contributed by atoms with van der Waals surface area (Å²) in [6.07, 6.45) is 3.59. The standard InChI is InChI=1S/C8H17NO/c1-3-4-5-6-10-7-8(2)9/h2-7,9H2,1H3. The van der Waals surface area contributed by atoms with E-state index in [1.54, 1.807) is 0 Å². The molecule has 0 spiro atoms. The van der Waals surface area contributed by atoms with Gasteiger partial charge in [0.05, 0.1) is 6.61 Å². The summed E-state index contributed by atoms with van der Waals surface area (Å²) in [4.78, 5) is 0. The number of hydrogen-bond acceptors (Lipinski definition) is 2. The zero-order valence-corrected chi connectivity index (χ0v) is 6.73. The first kappa shape index (κ1) is 9.50. The summed E-state index contributed by atoms with van der Waals surface area (Å²) in [5, 5.41) is 0. The molecule has 0 fully saturated rings. The molecule has 2 heteroatoms. The zero-order chi connectivity index (χ0) is 7.82. The van der Waals surface area contributed by atoms with Gasteiger partial charge in [0.2, 0.25) is 0 Å². The van der Waals surface area contributed by atoms with E-state index in [1.807, 2.05) is 0 Å². The number of hydrogen-bond donors (Lipinski definition) is 1. The fourth-order valence-corrected chi connectivity index (χ4v) is 0.657. The van der Waals surface area contributed by atoms with Gasteiger partial charge in [0, 0.05) is 12.3 Å². The van der Waals surface area contributed by atoms with Gasteiger partial charge in [-0.1, -0.05) is 26.3 Å². The number of unbranched alkanes of at least 4 members (excludes halogenated alkanes) is 2. The Morgan fingerprint density at radius 2 is 2.20 bits per heavy atom. The summed E-state index contributed by atoms with van der Waals surface area (Å²) in [6, 6.07) is 0. The summed E-state index contributed by atoms with van der Waals surface area (Å²) in [6.45, 7) is 7.01. The van der Waals surface area contributed by atoms with Crippen LogP contribution in [0.2, 0.25) is 0 Å². The Kier molecular flexibility index (Phi) is 6.29. The largest absolute Gasteiger partial charge is 0.401 e. The zero-order valence-electron chi connectivity index (χ0n) is 6.73. The Hall–Kier alpha value is -0.500. The van der Waals surface area contributed by atoms with Crippen LogP contribution < -0.4 is 5.73 Å². The molecule has 2 nitrogen and oxygen atoms in total. The molecule has 0 radical (unpaired) electrons. The highest BCUT2D eigenvalue weighted by atomic mass is 16.5. The molecule has 0 aromatic carbocycles. The van der Waals surface area contributed by atoms with E-state index >= 15 is 0 Å². The van der Waals surface area contributed by atoms with Gasteiger partial charge in [-0.2, -0.15) is 0 Å². The molecule has 0 aromatic rings. The lowest BCUT2D eigenvalue weighted by molar-refractivity contribution is 0.151. The quantitative estimate of drug-likeness (QED) is 0.574. The monoisotopic (exact) mass is 143 g/mol. The van der Waals surface area contributed by atoms with Crippen molar-refractivity contribution in [3.8, 4) is 0 Å². The Labute approximate surface area is 63.1 Å². The fraction of sp³-hybridized carbons (Fsp3) is 0.750. The summed E-state index contributed by atoms with van der Waals surface area (Å²) in [7, 11) is 0. The normalized spacial score (nSPS) is 9.70. The topological polar surface area (TPSA) is 35.2 Å². The van der Waals surface area contributed by atoms with Gasteiger partial charge in [-0.05, 0) is 6.42 Å². The van der Waals surface area contributed by atoms with Gasteiger partial charge in [-0.3, -0.25) is 0 Å². The molecule has 0 aliphatic carbocycles. The average molecular weight is 143 g/mol. The van der Waals surface area contributed by atoms with Crippen LogP contribution in [0.4, 0.5) is 0 Å². The Bertz CT molecular complexity index is 91.3. The first-order valence-electron chi connectivity index (χ1n) is 3.78. The predicted octanol–water partition coefficient (Wildman–Crippen LogP) is 1.67. The van der Waals surface area contributed by atoms with E-state index in [-0.39, 0.29) is 0 Å². The average Bonchev–Trinajstić information content (AvgIpc) is 1.87. The number of nitrogens with two attached hydrogens (primary N) is 1. The van der Waals surface area contributed by atoms with E-state index in [0.717, 1.165) is 13.0 Å². The molecule has 0 amide bonds. The number of ether oxygens (including phenoxy) is 1. The van der Waals surface area contributed by atoms with Crippen LogP contribution >= 0.6 is 0 Å². The van der Waals surface area contributed by atoms with Gasteiger partial charge in [0.15, 0.2) is 0 Å². The van der Waals surface area contributed by atoms with Crippen LogP contribution in [-0.4, -0.2) is 13.2 Å². The minimum absolute atomic E-state index is 0.504. The maximum Gasteiger partial charge on any atom is 0.0854 e. The van der Waals surface area contributed by atoms with Crippen LogP contribution in [0.5, 0.6) is 0 Å². The van der Waals surface area contributed by atoms with Crippen molar-refractivity contribution < 1.29 is 4.74 Å². The molecule has 0 aromatic heterocycles. The lowest BCUT2D eigenvalue weighted by atomic mass is 10.3. The molecule has 0 bridgehead atoms. The van der Waals surface area contributed by atoms with Crippen LogP contribution in [0.25, 0.3) is 0 Å². The van der Waals surface area contributed by atoms with E-state index in [9.17, 15) is 0 Å². The van der Waals surface area contributed by atoms with Crippen molar-refractivity contribution in [1.29, 1.82) is 0 Å². The first-order valence-corrected chi connectivity index (χ1v) is 3.78. The highest BCUT2D eigenvalue weighted by Gasteiger charge is 1.87.